The molecule has 1 fully saturated rings. The monoisotopic (exact) mass is 445 g/mol. The lowest BCUT2D eigenvalue weighted by molar-refractivity contribution is -0.136. The lowest BCUT2D eigenvalue weighted by atomic mass is 10.0. The van der Waals surface area contributed by atoms with Gasteiger partial charge in [0.1, 0.15) is 21.6 Å². The maximum Gasteiger partial charge on any atom is 0.261 e. The van der Waals surface area contributed by atoms with Crippen molar-refractivity contribution in [2.45, 2.75) is 41.5 Å². The van der Waals surface area contributed by atoms with E-state index >= 15 is 0 Å². The van der Waals surface area contributed by atoms with Gasteiger partial charge in [-0.1, -0.05) is 36.0 Å². The minimum atomic E-state index is -0.744. The van der Waals surface area contributed by atoms with Crippen LogP contribution in [0.3, 0.4) is 0 Å². The summed E-state index contributed by atoms with van der Waals surface area (Å²) in [5.74, 6) is -0.240. The molecule has 30 heavy (non-hydrogen) atoms. The predicted octanol–water partition coefficient (Wildman–Crippen LogP) is 5.01. The fourth-order valence-corrected chi connectivity index (χ4v) is 7.06. The van der Waals surface area contributed by atoms with Crippen LogP contribution in [-0.2, 0) is 9.67 Å². The van der Waals surface area contributed by atoms with Gasteiger partial charge in [-0.2, -0.15) is 5.10 Å². The second kappa shape index (κ2) is 7.98. The van der Waals surface area contributed by atoms with Gasteiger partial charge in [0.25, 0.3) is 5.91 Å². The van der Waals surface area contributed by atoms with E-state index in [1.54, 1.807) is 16.8 Å². The Labute approximate surface area is 182 Å². The molecule has 0 radical (unpaired) electrons. The maximum absolute atomic E-state index is 14.8. The quantitative estimate of drug-likeness (QED) is 0.695. The van der Waals surface area contributed by atoms with Gasteiger partial charge < -0.3 is 5.32 Å². The lowest BCUT2D eigenvalue weighted by Crippen LogP contribution is -2.49. The van der Waals surface area contributed by atoms with Crippen molar-refractivity contribution < 1.29 is 13.6 Å². The molecular formula is C22H21F2N3OS2. The van der Waals surface area contributed by atoms with Crippen LogP contribution in [0.4, 0.5) is 8.78 Å². The smallest absolute Gasteiger partial charge is 0.261 e. The number of hydrogen-bond donors (Lipinski definition) is 1. The largest absolute Gasteiger partial charge is 0.306 e. The average Bonchev–Trinajstić information content (AvgIpc) is 3.37. The molecule has 4 aliphatic rings. The molecule has 0 aromatic heterocycles. The van der Waals surface area contributed by atoms with Crippen LogP contribution in [0.5, 0.6) is 0 Å². The van der Waals surface area contributed by atoms with Crippen LogP contribution >= 0.6 is 23.5 Å². The zero-order chi connectivity index (χ0) is 20.7. The third-order valence-electron chi connectivity index (χ3n) is 5.74. The summed E-state index contributed by atoms with van der Waals surface area (Å²) >= 11 is 3.11. The molecule has 4 nitrogen and oxygen atoms in total. The fraction of sp³-hybridized carbons (Fsp3) is 0.364. The van der Waals surface area contributed by atoms with E-state index in [2.05, 4.69) is 10.4 Å². The Bertz CT molecular complexity index is 1010. The van der Waals surface area contributed by atoms with E-state index in [0.717, 1.165) is 35.6 Å². The number of fused-ring (bicyclic) bond motifs is 2. The van der Waals surface area contributed by atoms with Crippen molar-refractivity contribution in [3.8, 4) is 0 Å². The zero-order valence-electron chi connectivity index (χ0n) is 16.2. The van der Waals surface area contributed by atoms with Gasteiger partial charge in [0.2, 0.25) is 0 Å². The van der Waals surface area contributed by atoms with Gasteiger partial charge >= 0.3 is 0 Å². The summed E-state index contributed by atoms with van der Waals surface area (Å²) in [7, 11) is 0. The van der Waals surface area contributed by atoms with Gasteiger partial charge in [0.05, 0.1) is 6.04 Å². The molecule has 1 aliphatic carbocycles. The molecule has 3 aliphatic heterocycles. The Morgan fingerprint density at radius 2 is 2.17 bits per heavy atom. The molecule has 156 valence electrons. The summed E-state index contributed by atoms with van der Waals surface area (Å²) in [5, 5.41) is 9.79. The third kappa shape index (κ3) is 3.35. The number of rotatable bonds is 2. The third-order valence-corrected chi connectivity index (χ3v) is 8.24. The standard InChI is InChI=1S/C22H21F2N3OS2/c23-14-5-3-7-17(24)15(13-14)20-26-27(21(28)18-8-4-11-25-18)22(30-20)10-12-29-19-9-2-1-6-16(19)22/h1-3,6-7,9,13,18,25H,4-5,8,10-12H2. The molecule has 8 heteroatoms. The fourth-order valence-electron chi connectivity index (χ4n) is 4.26. The molecule has 2 atom stereocenters. The number of benzene rings is 1. The van der Waals surface area contributed by atoms with E-state index in [-0.39, 0.29) is 23.9 Å². The minimum Gasteiger partial charge on any atom is -0.306 e. The Kier molecular flexibility index (Phi) is 5.33. The molecule has 0 bridgehead atoms. The summed E-state index contributed by atoms with van der Waals surface area (Å²) in [6.07, 6.45) is 6.37. The Hall–Kier alpha value is -1.90. The molecule has 5 rings (SSSR count). The van der Waals surface area contributed by atoms with Crippen molar-refractivity contribution in [2.24, 2.45) is 5.10 Å². The van der Waals surface area contributed by atoms with Crippen molar-refractivity contribution in [1.82, 2.24) is 10.3 Å². The number of hydrogen-bond acceptors (Lipinski definition) is 5. The van der Waals surface area contributed by atoms with E-state index in [4.69, 9.17) is 0 Å². The molecule has 3 heterocycles. The van der Waals surface area contributed by atoms with Gasteiger partial charge in [0, 0.05) is 28.2 Å². The summed E-state index contributed by atoms with van der Waals surface area (Å²) in [6.45, 7) is 0.798. The number of nitrogens with one attached hydrogen (secondary N) is 1. The molecule has 1 amide bonds. The van der Waals surface area contributed by atoms with Gasteiger partial charge in [0.15, 0.2) is 0 Å². The number of amides is 1. The zero-order valence-corrected chi connectivity index (χ0v) is 17.9. The first-order valence-corrected chi connectivity index (χ1v) is 11.9. The number of allylic oxidation sites excluding steroid dienone is 5. The van der Waals surface area contributed by atoms with Gasteiger partial charge in [-0.15, -0.1) is 11.8 Å². The molecule has 2 unspecified atom stereocenters. The molecule has 1 aromatic carbocycles. The molecular weight excluding hydrogens is 424 g/mol. The van der Waals surface area contributed by atoms with Crippen LogP contribution < -0.4 is 5.32 Å². The van der Waals surface area contributed by atoms with E-state index in [1.807, 2.05) is 24.3 Å². The second-order valence-corrected chi connectivity index (χ2v) is 10.0. The molecule has 1 aromatic rings. The molecule has 0 saturated carbocycles. The van der Waals surface area contributed by atoms with E-state index in [0.29, 0.717) is 11.5 Å². The predicted molar refractivity (Wildman–Crippen MR) is 117 cm³/mol. The van der Waals surface area contributed by atoms with Gasteiger partial charge in [-0.3, -0.25) is 4.79 Å². The second-order valence-electron chi connectivity index (χ2n) is 7.64. The van der Waals surface area contributed by atoms with Crippen LogP contribution in [0, 0.1) is 0 Å². The highest BCUT2D eigenvalue weighted by molar-refractivity contribution is 8.15. The van der Waals surface area contributed by atoms with Gasteiger partial charge in [-0.05, 0) is 44.0 Å². The average molecular weight is 446 g/mol. The maximum atomic E-state index is 14.8. The number of carbonyl (C=O) groups is 1. The lowest BCUT2D eigenvalue weighted by Gasteiger charge is -2.40. The summed E-state index contributed by atoms with van der Waals surface area (Å²) in [6, 6.07) is 7.70. The van der Waals surface area contributed by atoms with Crippen LogP contribution in [0.2, 0.25) is 0 Å². The van der Waals surface area contributed by atoms with Crippen LogP contribution in [-0.4, -0.2) is 34.3 Å². The Balaban J connectivity index is 1.63. The first-order valence-electron chi connectivity index (χ1n) is 10.1. The van der Waals surface area contributed by atoms with Crippen molar-refractivity contribution >= 4 is 34.5 Å². The highest BCUT2D eigenvalue weighted by atomic mass is 32.2. The SMILES string of the molecule is O=C(C1CCCN1)N1N=C(C2=C(F)C=CCC(F)=C2)SC12CCSc1ccccc12. The Morgan fingerprint density at radius 3 is 3.00 bits per heavy atom. The highest BCUT2D eigenvalue weighted by Gasteiger charge is 2.52. The first-order chi connectivity index (χ1) is 14.6. The van der Waals surface area contributed by atoms with Crippen LogP contribution in [0.25, 0.3) is 0 Å². The van der Waals surface area contributed by atoms with Crippen molar-refractivity contribution in [3.63, 3.8) is 0 Å². The summed E-state index contributed by atoms with van der Waals surface area (Å²) in [4.78, 5) is 13.9. The van der Waals surface area contributed by atoms with E-state index < -0.39 is 16.5 Å². The number of nitrogens with zero attached hydrogens (tertiary/aromatic N) is 2. The van der Waals surface area contributed by atoms with Crippen LogP contribution in [0.15, 0.2) is 69.7 Å². The topological polar surface area (TPSA) is 44.7 Å². The Morgan fingerprint density at radius 1 is 1.30 bits per heavy atom. The summed E-state index contributed by atoms with van der Waals surface area (Å²) < 4.78 is 28.9. The molecule has 1 spiro atoms. The van der Waals surface area contributed by atoms with Crippen molar-refractivity contribution in [2.75, 3.05) is 12.3 Å². The van der Waals surface area contributed by atoms with Crippen molar-refractivity contribution in [3.05, 3.63) is 65.3 Å². The number of thioether (sulfide) groups is 2. The van der Waals surface area contributed by atoms with E-state index in [1.165, 1.54) is 30.0 Å². The number of carbonyl (C=O) groups excluding carboxylic acids is 1. The highest BCUT2D eigenvalue weighted by Crippen LogP contribution is 2.56. The number of halogens is 2. The van der Waals surface area contributed by atoms with Crippen molar-refractivity contribution in [1.29, 1.82) is 0 Å². The summed E-state index contributed by atoms with van der Waals surface area (Å²) in [5.41, 5.74) is 1.11. The first kappa shape index (κ1) is 20.0. The van der Waals surface area contributed by atoms with E-state index in [9.17, 15) is 13.6 Å². The normalized spacial score (nSPS) is 28.5. The molecule has 1 saturated heterocycles. The number of hydrazone groups is 1. The van der Waals surface area contributed by atoms with Gasteiger partial charge in [-0.25, -0.2) is 13.8 Å². The minimum absolute atomic E-state index is 0.0497. The molecule has 1 N–H and O–H groups in total. The van der Waals surface area contributed by atoms with Crippen LogP contribution in [0.1, 0.15) is 31.2 Å².